The summed E-state index contributed by atoms with van der Waals surface area (Å²) in [4.78, 5) is 22.7. The maximum atomic E-state index is 11.4. The molecule has 0 aromatic heterocycles. The van der Waals surface area contributed by atoms with Gasteiger partial charge in [0.1, 0.15) is 11.6 Å². The first kappa shape index (κ1) is 7.96. The highest BCUT2D eigenvalue weighted by Crippen LogP contribution is 2.36. The second-order valence-corrected chi connectivity index (χ2v) is 3.93. The second kappa shape index (κ2) is 3.00. The summed E-state index contributed by atoms with van der Waals surface area (Å²) in [5.74, 6) is 0.908. The maximum absolute atomic E-state index is 11.4. The monoisotopic (exact) mass is 166 g/mol. The molecule has 2 aliphatic carbocycles. The van der Waals surface area contributed by atoms with Crippen molar-refractivity contribution in [2.45, 2.75) is 38.5 Å². The summed E-state index contributed by atoms with van der Waals surface area (Å²) in [6, 6.07) is 0. The molecule has 0 heterocycles. The van der Waals surface area contributed by atoms with E-state index in [0.29, 0.717) is 24.4 Å². The van der Waals surface area contributed by atoms with E-state index in [9.17, 15) is 9.59 Å². The Morgan fingerprint density at radius 2 is 1.25 bits per heavy atom. The van der Waals surface area contributed by atoms with Crippen LogP contribution < -0.4 is 0 Å². The van der Waals surface area contributed by atoms with E-state index in [4.69, 9.17) is 0 Å². The topological polar surface area (TPSA) is 34.1 Å². The smallest absolute Gasteiger partial charge is 0.136 e. The largest absolute Gasteiger partial charge is 0.299 e. The second-order valence-electron chi connectivity index (χ2n) is 3.93. The Bertz CT molecular complexity index is 196. The lowest BCUT2D eigenvalue weighted by molar-refractivity contribution is -0.129. The summed E-state index contributed by atoms with van der Waals surface area (Å²) in [6.07, 6.45) is 5.38. The summed E-state index contributed by atoms with van der Waals surface area (Å²) in [5.41, 5.74) is 0. The highest BCUT2D eigenvalue weighted by molar-refractivity contribution is 5.91. The van der Waals surface area contributed by atoms with E-state index in [-0.39, 0.29) is 11.8 Å². The molecule has 0 radical (unpaired) electrons. The molecule has 0 spiro atoms. The third kappa shape index (κ3) is 1.19. The normalized spacial score (nSPS) is 36.3. The average Bonchev–Trinajstić information content (AvgIpc) is 2.59. The molecule has 2 aliphatic rings. The molecule has 2 fully saturated rings. The lowest BCUT2D eigenvalue weighted by atomic mass is 9.88. The van der Waals surface area contributed by atoms with Gasteiger partial charge in [-0.25, -0.2) is 0 Å². The van der Waals surface area contributed by atoms with Crippen molar-refractivity contribution in [3.8, 4) is 0 Å². The molecule has 2 saturated carbocycles. The van der Waals surface area contributed by atoms with Crippen LogP contribution in [0.25, 0.3) is 0 Å². The molecule has 2 rings (SSSR count). The molecular formula is C10H14O2. The molecule has 2 atom stereocenters. The van der Waals surface area contributed by atoms with Gasteiger partial charge in [-0.2, -0.15) is 0 Å². The van der Waals surface area contributed by atoms with Gasteiger partial charge in [-0.15, -0.1) is 0 Å². The Morgan fingerprint density at radius 3 is 1.50 bits per heavy atom. The fraction of sp³-hybridized carbons (Fsp3) is 0.800. The predicted molar refractivity (Wildman–Crippen MR) is 44.7 cm³/mol. The van der Waals surface area contributed by atoms with Crippen LogP contribution in [-0.4, -0.2) is 11.6 Å². The zero-order valence-corrected chi connectivity index (χ0v) is 7.21. The molecule has 0 aromatic carbocycles. The molecule has 0 N–H and O–H groups in total. The minimum atomic E-state index is 0.111. The molecule has 66 valence electrons. The summed E-state index contributed by atoms with van der Waals surface area (Å²) >= 11 is 0. The van der Waals surface area contributed by atoms with Crippen molar-refractivity contribution >= 4 is 11.6 Å². The average molecular weight is 166 g/mol. The van der Waals surface area contributed by atoms with Crippen molar-refractivity contribution in [3.63, 3.8) is 0 Å². The minimum absolute atomic E-state index is 0.111. The molecule has 0 saturated heterocycles. The number of carbonyl (C=O) groups is 2. The molecule has 0 bridgehead atoms. The number of rotatable bonds is 1. The summed E-state index contributed by atoms with van der Waals surface area (Å²) < 4.78 is 0. The van der Waals surface area contributed by atoms with Crippen molar-refractivity contribution < 1.29 is 9.59 Å². The van der Waals surface area contributed by atoms with E-state index in [2.05, 4.69) is 0 Å². The van der Waals surface area contributed by atoms with Gasteiger partial charge in [0.2, 0.25) is 0 Å². The van der Waals surface area contributed by atoms with Crippen molar-refractivity contribution in [3.05, 3.63) is 0 Å². The van der Waals surface area contributed by atoms with Gasteiger partial charge in [0.05, 0.1) is 0 Å². The molecule has 0 aromatic rings. The van der Waals surface area contributed by atoms with Crippen LogP contribution >= 0.6 is 0 Å². The van der Waals surface area contributed by atoms with E-state index in [0.717, 1.165) is 25.7 Å². The molecule has 12 heavy (non-hydrogen) atoms. The number of hydrogen-bond acceptors (Lipinski definition) is 2. The van der Waals surface area contributed by atoms with Crippen molar-refractivity contribution in [1.29, 1.82) is 0 Å². The van der Waals surface area contributed by atoms with E-state index in [1.807, 2.05) is 0 Å². The van der Waals surface area contributed by atoms with Crippen LogP contribution in [0, 0.1) is 11.8 Å². The Morgan fingerprint density at radius 1 is 0.833 bits per heavy atom. The van der Waals surface area contributed by atoms with Crippen LogP contribution in [0.1, 0.15) is 38.5 Å². The molecule has 0 aliphatic heterocycles. The van der Waals surface area contributed by atoms with Gasteiger partial charge in [-0.3, -0.25) is 9.59 Å². The number of hydrogen-bond donors (Lipinski definition) is 0. The molecule has 2 nitrogen and oxygen atoms in total. The summed E-state index contributed by atoms with van der Waals surface area (Å²) in [7, 11) is 0. The zero-order chi connectivity index (χ0) is 8.55. The van der Waals surface area contributed by atoms with Crippen LogP contribution in [0.2, 0.25) is 0 Å². The van der Waals surface area contributed by atoms with Gasteiger partial charge < -0.3 is 0 Å². The Balaban J connectivity index is 2.08. The first-order valence-electron chi connectivity index (χ1n) is 4.84. The molecule has 0 amide bonds. The SMILES string of the molecule is O=C1CCC[C@H]1[C@H]1CCCC1=O. The van der Waals surface area contributed by atoms with Gasteiger partial charge in [0.25, 0.3) is 0 Å². The van der Waals surface area contributed by atoms with Crippen LogP contribution in [0.5, 0.6) is 0 Å². The van der Waals surface area contributed by atoms with E-state index in [1.54, 1.807) is 0 Å². The minimum Gasteiger partial charge on any atom is -0.299 e. The first-order valence-corrected chi connectivity index (χ1v) is 4.84. The highest BCUT2D eigenvalue weighted by atomic mass is 16.1. The van der Waals surface area contributed by atoms with Gasteiger partial charge >= 0.3 is 0 Å². The zero-order valence-electron chi connectivity index (χ0n) is 7.21. The quantitative estimate of drug-likeness (QED) is 0.594. The maximum Gasteiger partial charge on any atom is 0.136 e. The fourth-order valence-electron chi connectivity index (χ4n) is 2.54. The molecule has 0 unspecified atom stereocenters. The van der Waals surface area contributed by atoms with Crippen molar-refractivity contribution in [2.75, 3.05) is 0 Å². The third-order valence-corrected chi connectivity index (χ3v) is 3.19. The number of ketones is 2. The summed E-state index contributed by atoms with van der Waals surface area (Å²) in [5, 5.41) is 0. The van der Waals surface area contributed by atoms with E-state index >= 15 is 0 Å². The molecule has 2 heteroatoms. The highest BCUT2D eigenvalue weighted by Gasteiger charge is 2.38. The lowest BCUT2D eigenvalue weighted by Crippen LogP contribution is -2.21. The van der Waals surface area contributed by atoms with Crippen molar-refractivity contribution in [1.82, 2.24) is 0 Å². The van der Waals surface area contributed by atoms with Gasteiger partial charge in [0.15, 0.2) is 0 Å². The predicted octanol–water partition coefficient (Wildman–Crippen LogP) is 1.72. The summed E-state index contributed by atoms with van der Waals surface area (Å²) in [6.45, 7) is 0. The van der Waals surface area contributed by atoms with Crippen LogP contribution in [0.3, 0.4) is 0 Å². The van der Waals surface area contributed by atoms with Crippen LogP contribution in [0.15, 0.2) is 0 Å². The number of Topliss-reactive ketones (excluding diaryl/α,β-unsaturated/α-hetero) is 2. The standard InChI is InChI=1S/C10H14O2/c11-9-5-1-3-7(9)8-4-2-6-10(8)12/h7-8H,1-6H2/t7-,8+. The third-order valence-electron chi connectivity index (χ3n) is 3.19. The molecular weight excluding hydrogens is 152 g/mol. The van der Waals surface area contributed by atoms with Crippen LogP contribution in [0.4, 0.5) is 0 Å². The van der Waals surface area contributed by atoms with E-state index < -0.39 is 0 Å². The first-order chi connectivity index (χ1) is 5.79. The Kier molecular flexibility index (Phi) is 1.99. The Labute approximate surface area is 72.3 Å². The fourth-order valence-corrected chi connectivity index (χ4v) is 2.54. The van der Waals surface area contributed by atoms with Gasteiger partial charge in [0, 0.05) is 24.7 Å². The van der Waals surface area contributed by atoms with Gasteiger partial charge in [-0.1, -0.05) is 0 Å². The van der Waals surface area contributed by atoms with Crippen LogP contribution in [-0.2, 0) is 9.59 Å². The number of carbonyl (C=O) groups excluding carboxylic acids is 2. The van der Waals surface area contributed by atoms with Gasteiger partial charge in [-0.05, 0) is 25.7 Å². The lowest BCUT2D eigenvalue weighted by Gasteiger charge is -2.13. The van der Waals surface area contributed by atoms with E-state index in [1.165, 1.54) is 0 Å². The Hall–Kier alpha value is -0.660. The van der Waals surface area contributed by atoms with Crippen molar-refractivity contribution in [2.24, 2.45) is 11.8 Å².